The number of aliphatic hydroxyl groups excluding tert-OH is 1. The van der Waals surface area contributed by atoms with Gasteiger partial charge in [-0.25, -0.2) is 9.37 Å². The highest BCUT2D eigenvalue weighted by Gasteiger charge is 2.14. The van der Waals surface area contributed by atoms with Crippen molar-refractivity contribution < 1.29 is 9.50 Å². The van der Waals surface area contributed by atoms with Crippen LogP contribution in [0, 0.1) is 12.7 Å². The Morgan fingerprint density at radius 3 is 2.75 bits per heavy atom. The number of hydrogen-bond acceptors (Lipinski definition) is 5. The number of nitrogens with two attached hydrogens (primary N) is 1. The standard InChI is InChI=1S/C13H14FN3O2S/c1-6-3-10(8(7(2)18)4-9(6)14)20-13-16-11(15)5-12(19)17-13/h3-5,7,18H,1-2H3,(H3,15,16,17,19). The Morgan fingerprint density at radius 2 is 2.15 bits per heavy atom. The monoisotopic (exact) mass is 295 g/mol. The predicted molar refractivity (Wildman–Crippen MR) is 75.2 cm³/mol. The molecule has 1 unspecified atom stereocenters. The molecule has 0 amide bonds. The minimum Gasteiger partial charge on any atom is -0.389 e. The fourth-order valence-corrected chi connectivity index (χ4v) is 2.79. The molecule has 20 heavy (non-hydrogen) atoms. The van der Waals surface area contributed by atoms with E-state index < -0.39 is 6.10 Å². The molecule has 0 radical (unpaired) electrons. The molecule has 0 aliphatic carbocycles. The summed E-state index contributed by atoms with van der Waals surface area (Å²) in [5, 5.41) is 10.0. The van der Waals surface area contributed by atoms with Gasteiger partial charge in [0.2, 0.25) is 0 Å². The van der Waals surface area contributed by atoms with Crippen LogP contribution in [0.2, 0.25) is 0 Å². The zero-order valence-corrected chi connectivity index (χ0v) is 11.8. The third-order valence-electron chi connectivity index (χ3n) is 2.69. The van der Waals surface area contributed by atoms with Gasteiger partial charge in [0.25, 0.3) is 5.56 Å². The van der Waals surface area contributed by atoms with E-state index in [4.69, 9.17) is 5.73 Å². The van der Waals surface area contributed by atoms with Gasteiger partial charge < -0.3 is 15.8 Å². The molecule has 0 bridgehead atoms. The zero-order chi connectivity index (χ0) is 14.9. The van der Waals surface area contributed by atoms with Gasteiger partial charge in [-0.15, -0.1) is 0 Å². The van der Waals surface area contributed by atoms with Crippen molar-refractivity contribution in [3.8, 4) is 0 Å². The lowest BCUT2D eigenvalue weighted by molar-refractivity contribution is 0.196. The fourth-order valence-electron chi connectivity index (χ4n) is 1.69. The van der Waals surface area contributed by atoms with Crippen molar-refractivity contribution in [2.75, 3.05) is 5.73 Å². The Hall–Kier alpha value is -1.86. The molecular formula is C13H14FN3O2S. The van der Waals surface area contributed by atoms with Crippen molar-refractivity contribution in [2.24, 2.45) is 0 Å². The minimum absolute atomic E-state index is 0.105. The maximum atomic E-state index is 13.6. The fraction of sp³-hybridized carbons (Fsp3) is 0.231. The molecule has 1 atom stereocenters. The third kappa shape index (κ3) is 3.17. The van der Waals surface area contributed by atoms with Crippen molar-refractivity contribution in [1.29, 1.82) is 0 Å². The number of halogens is 1. The van der Waals surface area contributed by atoms with Crippen LogP contribution >= 0.6 is 11.8 Å². The van der Waals surface area contributed by atoms with Crippen LogP contribution in [0.15, 0.2) is 33.0 Å². The van der Waals surface area contributed by atoms with E-state index in [1.165, 1.54) is 12.1 Å². The number of anilines is 1. The molecule has 1 heterocycles. The van der Waals surface area contributed by atoms with Gasteiger partial charge in [-0.1, -0.05) is 11.8 Å². The highest BCUT2D eigenvalue weighted by Crippen LogP contribution is 2.33. The molecule has 2 rings (SSSR count). The van der Waals surface area contributed by atoms with E-state index >= 15 is 0 Å². The normalized spacial score (nSPS) is 12.4. The van der Waals surface area contributed by atoms with Gasteiger partial charge in [0.15, 0.2) is 5.16 Å². The van der Waals surface area contributed by atoms with Crippen molar-refractivity contribution in [3.05, 3.63) is 45.5 Å². The summed E-state index contributed by atoms with van der Waals surface area (Å²) in [6.45, 7) is 3.17. The number of hydrogen-bond donors (Lipinski definition) is 3. The van der Waals surface area contributed by atoms with Gasteiger partial charge in [0, 0.05) is 11.0 Å². The molecule has 1 aromatic carbocycles. The van der Waals surface area contributed by atoms with Crippen LogP contribution in [0.25, 0.3) is 0 Å². The number of nitrogens with one attached hydrogen (secondary N) is 1. The summed E-state index contributed by atoms with van der Waals surface area (Å²) >= 11 is 1.12. The highest BCUT2D eigenvalue weighted by atomic mass is 32.2. The Labute approximate surface area is 119 Å². The molecule has 4 N–H and O–H groups in total. The van der Waals surface area contributed by atoms with Gasteiger partial charge in [-0.3, -0.25) is 4.79 Å². The quantitative estimate of drug-likeness (QED) is 0.753. The smallest absolute Gasteiger partial charge is 0.253 e. The summed E-state index contributed by atoms with van der Waals surface area (Å²) in [5.74, 6) is -0.284. The predicted octanol–water partition coefficient (Wildman–Crippen LogP) is 2.00. The van der Waals surface area contributed by atoms with Crippen LogP contribution in [0.5, 0.6) is 0 Å². The van der Waals surface area contributed by atoms with Crippen LogP contribution < -0.4 is 11.3 Å². The van der Waals surface area contributed by atoms with Crippen molar-refractivity contribution in [3.63, 3.8) is 0 Å². The van der Waals surface area contributed by atoms with Gasteiger partial charge in [-0.05, 0) is 37.1 Å². The first kappa shape index (κ1) is 14.5. The van der Waals surface area contributed by atoms with E-state index in [0.717, 1.165) is 11.8 Å². The number of rotatable bonds is 3. The first-order valence-corrected chi connectivity index (χ1v) is 6.71. The molecule has 0 spiro atoms. The highest BCUT2D eigenvalue weighted by molar-refractivity contribution is 7.99. The summed E-state index contributed by atoms with van der Waals surface area (Å²) in [6, 6.07) is 4.06. The number of benzene rings is 1. The maximum absolute atomic E-state index is 13.6. The number of nitrogens with zero attached hydrogens (tertiary/aromatic N) is 1. The van der Waals surface area contributed by atoms with Crippen LogP contribution in [-0.2, 0) is 0 Å². The first-order valence-electron chi connectivity index (χ1n) is 5.89. The molecule has 0 aliphatic rings. The summed E-state index contributed by atoms with van der Waals surface area (Å²) in [6.07, 6.45) is -0.833. The molecule has 0 aliphatic heterocycles. The van der Waals surface area contributed by atoms with Crippen molar-refractivity contribution in [1.82, 2.24) is 9.97 Å². The van der Waals surface area contributed by atoms with E-state index in [0.29, 0.717) is 21.2 Å². The lowest BCUT2D eigenvalue weighted by atomic mass is 10.1. The van der Waals surface area contributed by atoms with Crippen LogP contribution in [0.1, 0.15) is 24.2 Å². The number of aliphatic hydroxyl groups is 1. The average Bonchev–Trinajstić information content (AvgIpc) is 2.31. The Balaban J connectivity index is 2.47. The summed E-state index contributed by atoms with van der Waals surface area (Å²) in [4.78, 5) is 18.5. The second-order valence-electron chi connectivity index (χ2n) is 4.39. The molecule has 1 aromatic heterocycles. The summed E-state index contributed by atoms with van der Waals surface area (Å²) in [5.41, 5.74) is 6.03. The molecule has 5 nitrogen and oxygen atoms in total. The number of H-pyrrole nitrogens is 1. The topological polar surface area (TPSA) is 92.0 Å². The lowest BCUT2D eigenvalue weighted by Crippen LogP contribution is -2.09. The number of aromatic amines is 1. The average molecular weight is 295 g/mol. The van der Waals surface area contributed by atoms with E-state index in [2.05, 4.69) is 9.97 Å². The lowest BCUT2D eigenvalue weighted by Gasteiger charge is -2.13. The van der Waals surface area contributed by atoms with E-state index in [9.17, 15) is 14.3 Å². The number of aryl methyl sites for hydroxylation is 1. The van der Waals surface area contributed by atoms with E-state index in [-0.39, 0.29) is 17.2 Å². The van der Waals surface area contributed by atoms with Crippen molar-refractivity contribution in [2.45, 2.75) is 30.0 Å². The summed E-state index contributed by atoms with van der Waals surface area (Å²) < 4.78 is 13.6. The number of aromatic nitrogens is 2. The Bertz CT molecular complexity index is 701. The molecule has 106 valence electrons. The Morgan fingerprint density at radius 1 is 1.45 bits per heavy atom. The number of nitrogen functional groups attached to an aromatic ring is 1. The maximum Gasteiger partial charge on any atom is 0.253 e. The molecule has 2 aromatic rings. The van der Waals surface area contributed by atoms with E-state index in [1.807, 2.05) is 0 Å². The first-order chi connectivity index (χ1) is 9.36. The molecule has 0 fully saturated rings. The molecule has 0 saturated carbocycles. The van der Waals surface area contributed by atoms with Crippen LogP contribution in [-0.4, -0.2) is 15.1 Å². The van der Waals surface area contributed by atoms with Gasteiger partial charge in [0.05, 0.1) is 6.10 Å². The van der Waals surface area contributed by atoms with E-state index in [1.54, 1.807) is 19.9 Å². The molecule has 7 heteroatoms. The van der Waals surface area contributed by atoms with Gasteiger partial charge >= 0.3 is 0 Å². The summed E-state index contributed by atoms with van der Waals surface area (Å²) in [7, 11) is 0. The van der Waals surface area contributed by atoms with Crippen molar-refractivity contribution >= 4 is 17.6 Å². The second kappa shape index (κ2) is 5.64. The van der Waals surface area contributed by atoms with Crippen LogP contribution in [0.4, 0.5) is 10.2 Å². The van der Waals surface area contributed by atoms with Gasteiger partial charge in [-0.2, -0.15) is 0 Å². The molecular weight excluding hydrogens is 281 g/mol. The molecule has 0 saturated heterocycles. The third-order valence-corrected chi connectivity index (χ3v) is 3.65. The second-order valence-corrected chi connectivity index (χ2v) is 5.42. The van der Waals surface area contributed by atoms with Gasteiger partial charge in [0.1, 0.15) is 11.6 Å². The Kier molecular flexibility index (Phi) is 4.10. The SMILES string of the molecule is Cc1cc(Sc2nc(N)cc(=O)[nH]2)c(C(C)O)cc1F. The zero-order valence-electron chi connectivity index (χ0n) is 11.0. The van der Waals surface area contributed by atoms with Crippen LogP contribution in [0.3, 0.4) is 0 Å². The largest absolute Gasteiger partial charge is 0.389 e. The minimum atomic E-state index is -0.833.